The summed E-state index contributed by atoms with van der Waals surface area (Å²) >= 11 is 0. The lowest BCUT2D eigenvalue weighted by atomic mass is 9.53. The van der Waals surface area contributed by atoms with Crippen LogP contribution >= 0.6 is 0 Å². The molecule has 0 aliphatic heterocycles. The van der Waals surface area contributed by atoms with Gasteiger partial charge in [-0.05, 0) is 107 Å². The maximum atomic E-state index is 12.3. The van der Waals surface area contributed by atoms with Gasteiger partial charge in [-0.3, -0.25) is 0 Å². The molecule has 0 radical (unpaired) electrons. The molecule has 6 saturated carbocycles. The molecular formula is C35H50N2O4. The molecule has 2 unspecified atom stereocenters. The highest BCUT2D eigenvalue weighted by Crippen LogP contribution is 2.55. The Morgan fingerprint density at radius 2 is 1.17 bits per heavy atom. The van der Waals surface area contributed by atoms with Gasteiger partial charge in [0.2, 0.25) is 0 Å². The molecule has 0 spiro atoms. The Morgan fingerprint density at radius 1 is 0.732 bits per heavy atom. The number of fused-ring (bicyclic) bond motifs is 6. The maximum Gasteiger partial charge on any atom is 0.408 e. The molecule has 6 fully saturated rings. The lowest BCUT2D eigenvalue weighted by Gasteiger charge is -2.57. The van der Waals surface area contributed by atoms with Crippen LogP contribution in [0.15, 0.2) is 60.7 Å². The van der Waals surface area contributed by atoms with Crippen molar-refractivity contribution in [2.75, 3.05) is 14.2 Å². The van der Waals surface area contributed by atoms with Gasteiger partial charge in [0.05, 0.1) is 17.7 Å². The van der Waals surface area contributed by atoms with E-state index in [0.29, 0.717) is 5.41 Å². The molecule has 1 amide bonds. The molecule has 6 aliphatic rings. The number of nitrogens with one attached hydrogen (secondary N) is 1. The Hall–Kier alpha value is -2.41. The van der Waals surface area contributed by atoms with E-state index in [4.69, 9.17) is 19.9 Å². The average molecular weight is 563 g/mol. The maximum absolute atomic E-state index is 12.3. The summed E-state index contributed by atoms with van der Waals surface area (Å²) in [6.45, 7) is 5.67. The standard InChI is InChI=1S/C20H29NO3.C15H21NO/c1-18(2,3)24-17(22)21-20-12-10-19(11-13-20,14-16(20)23-4)15-8-6-5-7-9-15;1-17-13-11-14(12-5-3-2-4-6-12)7-9-15(13,16)10-8-14/h5-9,16H,10-14H2,1-4H3,(H,21,22);2-6,13H,7-11,16H2,1H3. The van der Waals surface area contributed by atoms with E-state index in [1.165, 1.54) is 24.0 Å². The number of rotatable bonds is 5. The van der Waals surface area contributed by atoms with E-state index in [-0.39, 0.29) is 34.8 Å². The van der Waals surface area contributed by atoms with Gasteiger partial charge in [0.15, 0.2) is 0 Å². The molecule has 6 nitrogen and oxygen atoms in total. The van der Waals surface area contributed by atoms with E-state index in [2.05, 4.69) is 66.0 Å². The van der Waals surface area contributed by atoms with Gasteiger partial charge in [-0.15, -0.1) is 0 Å². The van der Waals surface area contributed by atoms with Crippen molar-refractivity contribution >= 4 is 6.09 Å². The summed E-state index contributed by atoms with van der Waals surface area (Å²) in [5, 5.41) is 3.16. The first-order chi connectivity index (χ1) is 19.5. The Kier molecular flexibility index (Phi) is 8.32. The van der Waals surface area contributed by atoms with Gasteiger partial charge in [0.25, 0.3) is 0 Å². The van der Waals surface area contributed by atoms with Crippen molar-refractivity contribution in [2.24, 2.45) is 5.73 Å². The van der Waals surface area contributed by atoms with Crippen molar-refractivity contribution in [1.82, 2.24) is 5.32 Å². The van der Waals surface area contributed by atoms with E-state index in [0.717, 1.165) is 51.4 Å². The van der Waals surface area contributed by atoms with Gasteiger partial charge >= 0.3 is 6.09 Å². The molecular weight excluding hydrogens is 512 g/mol. The van der Waals surface area contributed by atoms with Crippen LogP contribution in [-0.4, -0.2) is 49.2 Å². The predicted molar refractivity (Wildman–Crippen MR) is 163 cm³/mol. The number of nitrogens with two attached hydrogens (primary N) is 1. The van der Waals surface area contributed by atoms with Crippen LogP contribution in [0.3, 0.4) is 0 Å². The topological polar surface area (TPSA) is 82.8 Å². The third kappa shape index (κ3) is 5.93. The number of ether oxygens (including phenoxy) is 3. The van der Waals surface area contributed by atoms with E-state index in [9.17, 15) is 4.79 Å². The molecule has 41 heavy (non-hydrogen) atoms. The minimum atomic E-state index is -0.486. The monoisotopic (exact) mass is 562 g/mol. The van der Waals surface area contributed by atoms with Gasteiger partial charge in [0, 0.05) is 19.8 Å². The molecule has 0 heterocycles. The lowest BCUT2D eigenvalue weighted by molar-refractivity contribution is -0.0777. The molecule has 4 bridgehead atoms. The van der Waals surface area contributed by atoms with Crippen molar-refractivity contribution in [3.8, 4) is 0 Å². The van der Waals surface area contributed by atoms with E-state index >= 15 is 0 Å². The fraction of sp³-hybridized carbons (Fsp3) is 0.629. The minimum absolute atomic E-state index is 0.0210. The second-order valence-corrected chi connectivity index (χ2v) is 14.2. The van der Waals surface area contributed by atoms with E-state index in [1.807, 2.05) is 20.8 Å². The summed E-state index contributed by atoms with van der Waals surface area (Å²) < 4.78 is 17.0. The summed E-state index contributed by atoms with van der Waals surface area (Å²) in [4.78, 5) is 12.3. The summed E-state index contributed by atoms with van der Waals surface area (Å²) in [5.41, 5.74) is 8.99. The summed E-state index contributed by atoms with van der Waals surface area (Å²) in [6.07, 6.45) is 10.6. The third-order valence-corrected chi connectivity index (χ3v) is 10.7. The van der Waals surface area contributed by atoms with Crippen molar-refractivity contribution in [2.45, 2.75) is 125 Å². The number of carbonyl (C=O) groups is 1. The molecule has 6 aliphatic carbocycles. The van der Waals surface area contributed by atoms with Crippen molar-refractivity contribution in [3.63, 3.8) is 0 Å². The first kappa shape index (κ1) is 30.1. The van der Waals surface area contributed by atoms with Crippen LogP contribution in [0.1, 0.15) is 96.1 Å². The zero-order valence-corrected chi connectivity index (χ0v) is 25.7. The second-order valence-electron chi connectivity index (χ2n) is 14.2. The SMILES string of the molecule is COC1CC2(c3ccccc3)CCC1(N)CC2.COC1CC2(c3ccccc3)CCC1(NC(=O)OC(C)(C)C)CC2. The number of benzene rings is 2. The highest BCUT2D eigenvalue weighted by atomic mass is 16.6. The number of hydrogen-bond acceptors (Lipinski definition) is 5. The Labute approximate surface area is 246 Å². The molecule has 0 saturated heterocycles. The first-order valence-electron chi connectivity index (χ1n) is 15.4. The van der Waals surface area contributed by atoms with Crippen LogP contribution in [0.4, 0.5) is 4.79 Å². The van der Waals surface area contributed by atoms with Gasteiger partial charge in [-0.2, -0.15) is 0 Å². The van der Waals surface area contributed by atoms with Crippen molar-refractivity contribution in [3.05, 3.63) is 71.8 Å². The highest BCUT2D eigenvalue weighted by Gasteiger charge is 2.56. The fourth-order valence-electron chi connectivity index (χ4n) is 8.27. The Bertz CT molecular complexity index is 1160. The number of carbonyl (C=O) groups excluding carboxylic acids is 1. The first-order valence-corrected chi connectivity index (χ1v) is 15.4. The van der Waals surface area contributed by atoms with Crippen LogP contribution in [0, 0.1) is 0 Å². The predicted octanol–water partition coefficient (Wildman–Crippen LogP) is 6.80. The number of hydrogen-bond donors (Lipinski definition) is 2. The second kappa shape index (κ2) is 11.3. The quantitative estimate of drug-likeness (QED) is 0.419. The highest BCUT2D eigenvalue weighted by molar-refractivity contribution is 5.69. The van der Waals surface area contributed by atoms with Gasteiger partial charge in [-0.25, -0.2) is 4.79 Å². The van der Waals surface area contributed by atoms with Crippen LogP contribution in [0.2, 0.25) is 0 Å². The van der Waals surface area contributed by atoms with Crippen molar-refractivity contribution < 1.29 is 19.0 Å². The van der Waals surface area contributed by atoms with Crippen LogP contribution in [0.5, 0.6) is 0 Å². The molecule has 3 N–H and O–H groups in total. The molecule has 8 rings (SSSR count). The summed E-state index contributed by atoms with van der Waals surface area (Å²) in [5.74, 6) is 0. The zero-order valence-electron chi connectivity index (χ0n) is 25.7. The van der Waals surface area contributed by atoms with Crippen LogP contribution in [0.25, 0.3) is 0 Å². The molecule has 2 aromatic rings. The third-order valence-electron chi connectivity index (χ3n) is 10.7. The van der Waals surface area contributed by atoms with Gasteiger partial charge in [0.1, 0.15) is 5.60 Å². The zero-order chi connectivity index (χ0) is 29.4. The molecule has 224 valence electrons. The van der Waals surface area contributed by atoms with E-state index < -0.39 is 5.60 Å². The molecule has 6 heteroatoms. The molecule has 0 aromatic heterocycles. The molecule has 2 atom stereocenters. The minimum Gasteiger partial charge on any atom is -0.444 e. The van der Waals surface area contributed by atoms with Gasteiger partial charge < -0.3 is 25.3 Å². The Balaban J connectivity index is 0.000000174. The van der Waals surface area contributed by atoms with Crippen molar-refractivity contribution in [1.29, 1.82) is 0 Å². The smallest absolute Gasteiger partial charge is 0.408 e. The number of methoxy groups -OCH3 is 2. The van der Waals surface area contributed by atoms with Gasteiger partial charge in [-0.1, -0.05) is 60.7 Å². The molecule has 2 aromatic carbocycles. The van der Waals surface area contributed by atoms with E-state index in [1.54, 1.807) is 14.2 Å². The van der Waals surface area contributed by atoms with Crippen LogP contribution in [-0.2, 0) is 25.0 Å². The number of amides is 1. The Morgan fingerprint density at radius 3 is 1.61 bits per heavy atom. The fourth-order valence-corrected chi connectivity index (χ4v) is 8.27. The number of alkyl carbamates (subject to hydrolysis) is 1. The summed E-state index contributed by atoms with van der Waals surface area (Å²) in [6, 6.07) is 21.7. The summed E-state index contributed by atoms with van der Waals surface area (Å²) in [7, 11) is 3.56. The normalized spacial score (nSPS) is 35.8. The lowest BCUT2D eigenvalue weighted by Crippen LogP contribution is -2.66. The average Bonchev–Trinajstić information content (AvgIpc) is 2.98. The van der Waals surface area contributed by atoms with Crippen LogP contribution < -0.4 is 11.1 Å². The largest absolute Gasteiger partial charge is 0.444 e.